The van der Waals surface area contributed by atoms with Crippen LogP contribution in [0.5, 0.6) is 0 Å². The van der Waals surface area contributed by atoms with Gasteiger partial charge in [0.1, 0.15) is 0 Å². The lowest BCUT2D eigenvalue weighted by Gasteiger charge is -2.15. The summed E-state index contributed by atoms with van der Waals surface area (Å²) < 4.78 is 2.63. The van der Waals surface area contributed by atoms with Gasteiger partial charge in [0.25, 0.3) is 0 Å². The Kier molecular flexibility index (Phi) is 6.73. The van der Waals surface area contributed by atoms with Crippen LogP contribution >= 0.6 is 11.3 Å². The van der Waals surface area contributed by atoms with Crippen molar-refractivity contribution < 1.29 is 0 Å². The topological polar surface area (TPSA) is 38.7 Å². The summed E-state index contributed by atoms with van der Waals surface area (Å²) in [5.74, 6) is 1.95. The van der Waals surface area contributed by atoms with Gasteiger partial charge in [0, 0.05) is 42.2 Å². The molecule has 0 saturated carbocycles. The van der Waals surface area contributed by atoms with Crippen LogP contribution in [0.25, 0.3) is 109 Å². The molecule has 0 atom stereocenters. The number of fused-ring (bicyclic) bond motifs is 10. The molecule has 4 heteroatoms. The van der Waals surface area contributed by atoms with E-state index < -0.39 is 0 Å². The van der Waals surface area contributed by atoms with Crippen molar-refractivity contribution in [2.45, 2.75) is 0 Å². The minimum Gasteiger partial charge on any atom is -0.208 e. The predicted molar refractivity (Wildman–Crippen MR) is 224 cm³/mol. The third-order valence-electron chi connectivity index (χ3n) is 10.4. The fourth-order valence-electron chi connectivity index (χ4n) is 7.97. The summed E-state index contributed by atoms with van der Waals surface area (Å²) in [6, 6.07) is 62.7. The first-order chi connectivity index (χ1) is 26.3. The third kappa shape index (κ3) is 4.84. The molecule has 0 unspecified atom stereocenters. The van der Waals surface area contributed by atoms with Crippen LogP contribution in [-0.2, 0) is 0 Å². The maximum Gasteiger partial charge on any atom is 0.164 e. The molecule has 2 aromatic heterocycles. The molecule has 9 aromatic carbocycles. The fourth-order valence-corrected chi connectivity index (χ4v) is 9.40. The molecule has 0 spiro atoms. The highest BCUT2D eigenvalue weighted by atomic mass is 32.1. The van der Waals surface area contributed by atoms with Gasteiger partial charge in [-0.05, 0) is 67.0 Å². The van der Waals surface area contributed by atoms with Gasteiger partial charge in [-0.1, -0.05) is 158 Å². The van der Waals surface area contributed by atoms with E-state index in [0.717, 1.165) is 27.6 Å². The van der Waals surface area contributed by atoms with E-state index in [1.54, 1.807) is 0 Å². The van der Waals surface area contributed by atoms with Crippen LogP contribution in [0.3, 0.4) is 0 Å². The number of rotatable bonds is 4. The molecular weight excluding hydrogens is 663 g/mol. The second kappa shape index (κ2) is 11.9. The lowest BCUT2D eigenvalue weighted by Crippen LogP contribution is -2.00. The largest absolute Gasteiger partial charge is 0.208 e. The maximum absolute atomic E-state index is 5.14. The predicted octanol–water partition coefficient (Wildman–Crippen LogP) is 13.5. The molecule has 0 aliphatic rings. The number of thiophene rings is 1. The molecule has 0 saturated heterocycles. The van der Waals surface area contributed by atoms with Gasteiger partial charge in [-0.2, -0.15) is 0 Å². The van der Waals surface area contributed by atoms with Crippen LogP contribution in [0.15, 0.2) is 176 Å². The molecule has 0 amide bonds. The van der Waals surface area contributed by atoms with Crippen LogP contribution in [0.2, 0.25) is 0 Å². The Labute approximate surface area is 309 Å². The molecular formula is C49H29N3S. The SMILES string of the molecule is c1ccc(-c2nc(-c3ccccc3)nc(-c3cc(-c4cc5ccc6ccccc6c5c5sc6c7ccccc7ccc6c45)c4ccccc4c3)n2)cc1. The summed E-state index contributed by atoms with van der Waals surface area (Å²) in [7, 11) is 0. The molecule has 11 aromatic rings. The summed E-state index contributed by atoms with van der Waals surface area (Å²) in [6.07, 6.45) is 0. The number of aromatic nitrogens is 3. The number of hydrogen-bond acceptors (Lipinski definition) is 4. The Hall–Kier alpha value is -6.75. The molecule has 0 bridgehead atoms. The second-order valence-corrected chi connectivity index (χ2v) is 14.6. The average Bonchev–Trinajstić information content (AvgIpc) is 3.64. The van der Waals surface area contributed by atoms with E-state index in [-0.39, 0.29) is 0 Å². The first kappa shape index (κ1) is 29.9. The minimum absolute atomic E-state index is 0.647. The molecule has 246 valence electrons. The van der Waals surface area contributed by atoms with E-state index >= 15 is 0 Å². The van der Waals surface area contributed by atoms with Crippen molar-refractivity contribution >= 4 is 74.6 Å². The number of benzene rings is 9. The maximum atomic E-state index is 5.14. The van der Waals surface area contributed by atoms with Crippen molar-refractivity contribution in [3.8, 4) is 45.3 Å². The van der Waals surface area contributed by atoms with E-state index in [1.165, 1.54) is 63.4 Å². The Balaban J connectivity index is 1.25. The third-order valence-corrected chi connectivity index (χ3v) is 11.7. The highest BCUT2D eigenvalue weighted by Crippen LogP contribution is 2.49. The zero-order valence-electron chi connectivity index (χ0n) is 28.5. The number of nitrogens with zero attached hydrogens (tertiary/aromatic N) is 3. The van der Waals surface area contributed by atoms with Crippen LogP contribution in [0.1, 0.15) is 0 Å². The van der Waals surface area contributed by atoms with E-state index in [9.17, 15) is 0 Å². The summed E-state index contributed by atoms with van der Waals surface area (Å²) in [4.78, 5) is 15.3. The molecule has 0 N–H and O–H groups in total. The highest BCUT2D eigenvalue weighted by molar-refractivity contribution is 7.27. The normalized spacial score (nSPS) is 11.8. The molecule has 0 radical (unpaired) electrons. The smallest absolute Gasteiger partial charge is 0.164 e. The van der Waals surface area contributed by atoms with Crippen molar-refractivity contribution in [3.05, 3.63) is 176 Å². The molecule has 0 fully saturated rings. The van der Waals surface area contributed by atoms with E-state index in [1.807, 2.05) is 47.7 Å². The molecule has 11 rings (SSSR count). The lowest BCUT2D eigenvalue weighted by molar-refractivity contribution is 1.07. The Morgan fingerprint density at radius 3 is 1.53 bits per heavy atom. The second-order valence-electron chi connectivity index (χ2n) is 13.6. The van der Waals surface area contributed by atoms with Gasteiger partial charge in [0.2, 0.25) is 0 Å². The van der Waals surface area contributed by atoms with Crippen molar-refractivity contribution in [1.29, 1.82) is 0 Å². The van der Waals surface area contributed by atoms with Crippen molar-refractivity contribution in [3.63, 3.8) is 0 Å². The lowest BCUT2D eigenvalue weighted by atomic mass is 9.89. The molecule has 2 heterocycles. The van der Waals surface area contributed by atoms with Crippen LogP contribution < -0.4 is 0 Å². The summed E-state index contributed by atoms with van der Waals surface area (Å²) in [6.45, 7) is 0. The van der Waals surface area contributed by atoms with Gasteiger partial charge < -0.3 is 0 Å². The van der Waals surface area contributed by atoms with E-state index in [0.29, 0.717) is 17.5 Å². The van der Waals surface area contributed by atoms with Crippen molar-refractivity contribution in [2.24, 2.45) is 0 Å². The standard InChI is InChI=1S/C49H29N3S/c1-3-15-32(16-4-1)47-50-48(33-17-5-2-6-18-33)52-49(51-47)36-27-34-19-9-10-20-37(34)41(29-36)42-28-35-24-23-30-13-7-11-21-38(30)43(35)46-44(42)40-26-25-31-14-8-12-22-39(31)45(40)53-46/h1-29H. The molecule has 0 aliphatic heterocycles. The summed E-state index contributed by atoms with van der Waals surface area (Å²) in [5, 5.41) is 12.5. The Morgan fingerprint density at radius 1 is 0.302 bits per heavy atom. The van der Waals surface area contributed by atoms with Crippen molar-refractivity contribution in [1.82, 2.24) is 15.0 Å². The zero-order chi connectivity index (χ0) is 34.9. The van der Waals surface area contributed by atoms with Gasteiger partial charge in [-0.25, -0.2) is 15.0 Å². The zero-order valence-corrected chi connectivity index (χ0v) is 29.3. The average molecular weight is 692 g/mol. The molecule has 53 heavy (non-hydrogen) atoms. The van der Waals surface area contributed by atoms with Gasteiger partial charge in [-0.15, -0.1) is 11.3 Å². The summed E-state index contributed by atoms with van der Waals surface area (Å²) >= 11 is 1.92. The van der Waals surface area contributed by atoms with Crippen LogP contribution in [-0.4, -0.2) is 15.0 Å². The minimum atomic E-state index is 0.647. The molecule has 3 nitrogen and oxygen atoms in total. The Bertz CT molecular complexity index is 3160. The van der Waals surface area contributed by atoms with E-state index in [2.05, 4.69) is 140 Å². The van der Waals surface area contributed by atoms with Gasteiger partial charge >= 0.3 is 0 Å². The first-order valence-corrected chi connectivity index (χ1v) is 18.7. The summed E-state index contributed by atoms with van der Waals surface area (Å²) in [5.41, 5.74) is 5.23. The van der Waals surface area contributed by atoms with Gasteiger partial charge in [0.15, 0.2) is 17.5 Å². The highest BCUT2D eigenvalue weighted by Gasteiger charge is 2.21. The number of hydrogen-bond donors (Lipinski definition) is 0. The Morgan fingerprint density at radius 2 is 0.830 bits per heavy atom. The fraction of sp³-hybridized carbons (Fsp3) is 0. The van der Waals surface area contributed by atoms with Crippen molar-refractivity contribution in [2.75, 3.05) is 0 Å². The van der Waals surface area contributed by atoms with Gasteiger partial charge in [0.05, 0.1) is 0 Å². The molecule has 0 aliphatic carbocycles. The first-order valence-electron chi connectivity index (χ1n) is 17.9. The monoisotopic (exact) mass is 691 g/mol. The van der Waals surface area contributed by atoms with E-state index in [4.69, 9.17) is 15.0 Å². The van der Waals surface area contributed by atoms with Crippen LogP contribution in [0, 0.1) is 0 Å². The quantitative estimate of drug-likeness (QED) is 0.172. The van der Waals surface area contributed by atoms with Crippen LogP contribution in [0.4, 0.5) is 0 Å². The van der Waals surface area contributed by atoms with Gasteiger partial charge in [-0.3, -0.25) is 0 Å².